The molecule has 2 N–H and O–H groups in total. The van der Waals surface area contributed by atoms with Gasteiger partial charge in [0.2, 0.25) is 0 Å². The molecule has 0 spiro atoms. The molecule has 2 aromatic rings. The molecular formula is C18H17NO3. The van der Waals surface area contributed by atoms with E-state index in [0.29, 0.717) is 12.1 Å². The molecule has 1 aliphatic heterocycles. The summed E-state index contributed by atoms with van der Waals surface area (Å²) in [6.07, 6.45) is 1.82. The highest BCUT2D eigenvalue weighted by Gasteiger charge is 2.18. The van der Waals surface area contributed by atoms with Crippen LogP contribution in [0.5, 0.6) is 17.2 Å². The van der Waals surface area contributed by atoms with Crippen molar-refractivity contribution in [1.29, 1.82) is 0 Å². The highest BCUT2D eigenvalue weighted by molar-refractivity contribution is 6.22. The Morgan fingerprint density at radius 3 is 2.45 bits per heavy atom. The summed E-state index contributed by atoms with van der Waals surface area (Å²) >= 11 is 0. The average molecular weight is 295 g/mol. The van der Waals surface area contributed by atoms with Gasteiger partial charge in [0.1, 0.15) is 17.2 Å². The highest BCUT2D eigenvalue weighted by Crippen LogP contribution is 2.37. The van der Waals surface area contributed by atoms with E-state index >= 15 is 0 Å². The van der Waals surface area contributed by atoms with Crippen LogP contribution in [0.2, 0.25) is 0 Å². The number of benzene rings is 2. The minimum Gasteiger partial charge on any atom is -0.508 e. The molecule has 0 unspecified atom stereocenters. The van der Waals surface area contributed by atoms with Crippen molar-refractivity contribution >= 4 is 17.4 Å². The molecule has 0 amide bonds. The van der Waals surface area contributed by atoms with Crippen molar-refractivity contribution in [1.82, 2.24) is 0 Å². The second-order valence-electron chi connectivity index (χ2n) is 5.25. The molecule has 0 saturated carbocycles. The molecule has 0 saturated heterocycles. The van der Waals surface area contributed by atoms with Crippen LogP contribution in [0.1, 0.15) is 16.7 Å². The van der Waals surface area contributed by atoms with Crippen molar-refractivity contribution in [2.24, 2.45) is 4.99 Å². The predicted molar refractivity (Wildman–Crippen MR) is 87.7 cm³/mol. The lowest BCUT2D eigenvalue weighted by atomic mass is 9.95. The van der Waals surface area contributed by atoms with Crippen molar-refractivity contribution < 1.29 is 14.9 Å². The summed E-state index contributed by atoms with van der Waals surface area (Å²) in [5.74, 6) is 0.950. The molecule has 22 heavy (non-hydrogen) atoms. The Balaban J connectivity index is 2.10. The number of nitrogens with zero attached hydrogens (tertiary/aromatic N) is 1. The number of rotatable bonds is 3. The first-order chi connectivity index (χ1) is 10.6. The molecule has 4 heteroatoms. The number of phenols is 2. The van der Waals surface area contributed by atoms with Crippen LogP contribution >= 0.6 is 0 Å². The van der Waals surface area contributed by atoms with Crippen LogP contribution in [0, 0.1) is 6.92 Å². The highest BCUT2D eigenvalue weighted by atomic mass is 16.5. The van der Waals surface area contributed by atoms with Gasteiger partial charge in [0.05, 0.1) is 13.7 Å². The lowest BCUT2D eigenvalue weighted by Gasteiger charge is -2.11. The third-order valence-corrected chi connectivity index (χ3v) is 3.84. The van der Waals surface area contributed by atoms with Gasteiger partial charge in [-0.05, 0) is 41.8 Å². The van der Waals surface area contributed by atoms with Crippen LogP contribution in [-0.2, 0) is 0 Å². The van der Waals surface area contributed by atoms with Crippen molar-refractivity contribution in [2.75, 3.05) is 13.7 Å². The summed E-state index contributed by atoms with van der Waals surface area (Å²) in [6.45, 7) is 2.32. The Hall–Kier alpha value is -2.75. The maximum atomic E-state index is 10.2. The van der Waals surface area contributed by atoms with E-state index in [1.54, 1.807) is 13.2 Å². The Labute approximate surface area is 129 Å². The summed E-state index contributed by atoms with van der Waals surface area (Å²) in [4.78, 5) is 4.33. The fourth-order valence-electron chi connectivity index (χ4n) is 2.57. The largest absolute Gasteiger partial charge is 0.508 e. The van der Waals surface area contributed by atoms with E-state index in [1.807, 2.05) is 37.4 Å². The normalized spacial score (nSPS) is 13.7. The molecular weight excluding hydrogens is 278 g/mol. The van der Waals surface area contributed by atoms with Gasteiger partial charge in [-0.3, -0.25) is 4.99 Å². The molecule has 0 atom stereocenters. The Kier molecular flexibility index (Phi) is 3.59. The number of phenolic OH excluding ortho intramolecular Hbond substituents is 2. The number of hydrogen-bond donors (Lipinski definition) is 2. The van der Waals surface area contributed by atoms with E-state index < -0.39 is 0 Å². The molecule has 1 aliphatic rings. The van der Waals surface area contributed by atoms with Crippen molar-refractivity contribution in [3.8, 4) is 17.2 Å². The van der Waals surface area contributed by atoms with Crippen LogP contribution in [0.25, 0.3) is 11.1 Å². The second-order valence-corrected chi connectivity index (χ2v) is 5.25. The van der Waals surface area contributed by atoms with Crippen molar-refractivity contribution in [2.45, 2.75) is 6.92 Å². The van der Waals surface area contributed by atoms with Gasteiger partial charge < -0.3 is 14.9 Å². The summed E-state index contributed by atoms with van der Waals surface area (Å²) in [7, 11) is 1.63. The molecule has 112 valence electrons. The minimum atomic E-state index is 0.0645. The second kappa shape index (κ2) is 5.56. The fourth-order valence-corrected chi connectivity index (χ4v) is 2.57. The van der Waals surface area contributed by atoms with Crippen LogP contribution in [0.4, 0.5) is 0 Å². The van der Waals surface area contributed by atoms with E-state index in [4.69, 9.17) is 4.74 Å². The molecule has 0 aromatic heterocycles. The average Bonchev–Trinajstić information content (AvgIpc) is 3.00. The first-order valence-electron chi connectivity index (χ1n) is 7.00. The zero-order valence-corrected chi connectivity index (χ0v) is 12.5. The zero-order chi connectivity index (χ0) is 15.7. The Bertz CT molecular complexity index is 774. The Morgan fingerprint density at radius 2 is 1.77 bits per heavy atom. The van der Waals surface area contributed by atoms with E-state index in [9.17, 15) is 10.2 Å². The lowest BCUT2D eigenvalue weighted by Crippen LogP contribution is -1.93. The topological polar surface area (TPSA) is 62.0 Å². The van der Waals surface area contributed by atoms with Gasteiger partial charge in [-0.1, -0.05) is 12.1 Å². The number of aliphatic imine (C=N–C) groups is 1. The van der Waals surface area contributed by atoms with E-state index in [1.165, 1.54) is 6.07 Å². The smallest absolute Gasteiger partial charge is 0.126 e. The summed E-state index contributed by atoms with van der Waals surface area (Å²) in [5, 5.41) is 19.8. The van der Waals surface area contributed by atoms with Gasteiger partial charge in [-0.15, -0.1) is 0 Å². The van der Waals surface area contributed by atoms with E-state index in [-0.39, 0.29) is 11.5 Å². The zero-order valence-electron chi connectivity index (χ0n) is 12.5. The number of methoxy groups -OCH3 is 1. The third kappa shape index (κ3) is 2.44. The van der Waals surface area contributed by atoms with Crippen molar-refractivity contribution in [3.63, 3.8) is 0 Å². The third-order valence-electron chi connectivity index (χ3n) is 3.84. The number of aryl methyl sites for hydroxylation is 1. The van der Waals surface area contributed by atoms with E-state index in [0.717, 1.165) is 28.0 Å². The minimum absolute atomic E-state index is 0.0645. The summed E-state index contributed by atoms with van der Waals surface area (Å²) < 4.78 is 5.17. The van der Waals surface area contributed by atoms with Crippen LogP contribution in [0.15, 0.2) is 41.4 Å². The SMILES string of the molecule is COc1ccc(C2=C(c3cc(C)c(O)cc3O)CN=C2)cc1. The molecule has 0 aliphatic carbocycles. The van der Waals surface area contributed by atoms with Gasteiger partial charge in [0, 0.05) is 23.4 Å². The predicted octanol–water partition coefficient (Wildman–Crippen LogP) is 3.41. The molecule has 4 nitrogen and oxygen atoms in total. The molecule has 3 rings (SSSR count). The van der Waals surface area contributed by atoms with Gasteiger partial charge in [0.15, 0.2) is 0 Å². The van der Waals surface area contributed by atoms with Gasteiger partial charge >= 0.3 is 0 Å². The molecule has 0 bridgehead atoms. The lowest BCUT2D eigenvalue weighted by molar-refractivity contribution is 0.415. The van der Waals surface area contributed by atoms with Crippen LogP contribution < -0.4 is 4.74 Å². The maximum absolute atomic E-state index is 10.2. The molecule has 0 fully saturated rings. The van der Waals surface area contributed by atoms with Crippen molar-refractivity contribution in [3.05, 3.63) is 53.1 Å². The van der Waals surface area contributed by atoms with Gasteiger partial charge in [0.25, 0.3) is 0 Å². The molecule has 1 heterocycles. The molecule has 2 aromatic carbocycles. The quantitative estimate of drug-likeness (QED) is 0.912. The number of aromatic hydroxyl groups is 2. The standard InChI is InChI=1S/C18H17NO3/c1-11-7-14(18(21)8-17(11)20)16-10-19-9-15(16)12-3-5-13(22-2)6-4-12/h3-9,20-21H,10H2,1-2H3. The van der Waals surface area contributed by atoms with E-state index in [2.05, 4.69) is 4.99 Å². The number of allylic oxidation sites excluding steroid dienone is 1. The molecule has 0 radical (unpaired) electrons. The monoisotopic (exact) mass is 295 g/mol. The number of hydrogen-bond acceptors (Lipinski definition) is 4. The maximum Gasteiger partial charge on any atom is 0.126 e. The Morgan fingerprint density at radius 1 is 1.05 bits per heavy atom. The van der Waals surface area contributed by atoms with Gasteiger partial charge in [-0.2, -0.15) is 0 Å². The van der Waals surface area contributed by atoms with Crippen LogP contribution in [0.3, 0.4) is 0 Å². The van der Waals surface area contributed by atoms with Gasteiger partial charge in [-0.25, -0.2) is 0 Å². The fraction of sp³-hybridized carbons (Fsp3) is 0.167. The summed E-state index contributed by atoms with van der Waals surface area (Å²) in [6, 6.07) is 10.9. The van der Waals surface area contributed by atoms with Crippen LogP contribution in [-0.4, -0.2) is 30.1 Å². The first kappa shape index (κ1) is 14.2. The first-order valence-corrected chi connectivity index (χ1v) is 7.00. The summed E-state index contributed by atoms with van der Waals surface area (Å²) in [5.41, 5.74) is 4.37. The number of ether oxygens (including phenoxy) is 1.